The lowest BCUT2D eigenvalue weighted by Gasteiger charge is -2.15. The molecule has 0 aliphatic rings. The van der Waals surface area contributed by atoms with Gasteiger partial charge in [0.25, 0.3) is 0 Å². The van der Waals surface area contributed by atoms with Crippen LogP contribution in [0.25, 0.3) is 0 Å². The number of nitrogens with zero attached hydrogens (tertiary/aromatic N) is 4. The van der Waals surface area contributed by atoms with E-state index in [4.69, 9.17) is 5.11 Å². The highest BCUT2D eigenvalue weighted by atomic mass is 32.1. The number of hydrogen-bond donors (Lipinski definition) is 1. The molecule has 21 heavy (non-hydrogen) atoms. The first-order valence-corrected chi connectivity index (χ1v) is 7.30. The molecule has 0 saturated carbocycles. The average Bonchev–Trinajstić information content (AvgIpc) is 3.11. The number of thiophene rings is 1. The summed E-state index contributed by atoms with van der Waals surface area (Å²) in [6.07, 6.45) is 3.40. The number of aliphatic hydroxyl groups is 1. The van der Waals surface area contributed by atoms with Crippen molar-refractivity contribution in [3.63, 3.8) is 0 Å². The van der Waals surface area contributed by atoms with Gasteiger partial charge in [-0.05, 0) is 6.07 Å². The van der Waals surface area contributed by atoms with Crippen molar-refractivity contribution in [2.45, 2.75) is 19.5 Å². The second kappa shape index (κ2) is 7.57. The molecule has 1 amide bonds. The molecule has 2 rings (SSSR count). The molecule has 0 aliphatic carbocycles. The molecule has 2 heterocycles. The van der Waals surface area contributed by atoms with Crippen LogP contribution in [0.2, 0.25) is 0 Å². The van der Waals surface area contributed by atoms with Gasteiger partial charge in [-0.1, -0.05) is 11.8 Å². The number of aliphatic hydroxyl groups excluding tert-OH is 1. The Morgan fingerprint density at radius 1 is 1.57 bits per heavy atom. The van der Waals surface area contributed by atoms with E-state index in [0.717, 1.165) is 10.4 Å². The molecule has 0 unspecified atom stereocenters. The minimum absolute atomic E-state index is 0.0261. The molecular formula is C14H16N4O2S. The van der Waals surface area contributed by atoms with Crippen LogP contribution in [0.15, 0.2) is 24.1 Å². The number of amides is 1. The maximum absolute atomic E-state index is 12.0. The zero-order valence-corrected chi connectivity index (χ0v) is 12.5. The number of hydrogen-bond acceptors (Lipinski definition) is 5. The maximum atomic E-state index is 12.0. The van der Waals surface area contributed by atoms with Gasteiger partial charge < -0.3 is 10.0 Å². The van der Waals surface area contributed by atoms with E-state index in [1.165, 1.54) is 17.3 Å². The van der Waals surface area contributed by atoms with Crippen LogP contribution in [0.5, 0.6) is 0 Å². The summed E-state index contributed by atoms with van der Waals surface area (Å²) in [6, 6.07) is 1.97. The minimum Gasteiger partial charge on any atom is -0.395 e. The van der Waals surface area contributed by atoms with Crippen LogP contribution in [0.4, 0.5) is 0 Å². The molecule has 0 radical (unpaired) electrons. The largest absolute Gasteiger partial charge is 0.395 e. The number of carbonyl (C=O) groups excluding carboxylic acids is 1. The van der Waals surface area contributed by atoms with Crippen molar-refractivity contribution in [2.24, 2.45) is 0 Å². The van der Waals surface area contributed by atoms with E-state index in [9.17, 15) is 4.79 Å². The van der Waals surface area contributed by atoms with Gasteiger partial charge in [-0.3, -0.25) is 4.79 Å². The molecule has 110 valence electrons. The van der Waals surface area contributed by atoms with E-state index < -0.39 is 0 Å². The van der Waals surface area contributed by atoms with Gasteiger partial charge in [0.15, 0.2) is 0 Å². The lowest BCUT2D eigenvalue weighted by molar-refractivity contribution is -0.131. The fourth-order valence-electron chi connectivity index (χ4n) is 1.65. The predicted octanol–water partition coefficient (Wildman–Crippen LogP) is 0.732. The van der Waals surface area contributed by atoms with Gasteiger partial charge in [0.1, 0.15) is 19.2 Å². The number of rotatable bonds is 5. The standard InChI is InChI=1S/C14H16N4O2S/c1-17(14(20)8-18-11-15-10-16-18)7-13-6-12(9-21-13)4-2-3-5-19/h6,9-11,19H,3,5,7-8H2,1H3. The van der Waals surface area contributed by atoms with Gasteiger partial charge in [-0.15, -0.1) is 11.3 Å². The molecule has 1 N–H and O–H groups in total. The Morgan fingerprint density at radius 3 is 3.14 bits per heavy atom. The lowest BCUT2D eigenvalue weighted by Crippen LogP contribution is -2.29. The fourth-order valence-corrected chi connectivity index (χ4v) is 2.51. The van der Waals surface area contributed by atoms with Gasteiger partial charge >= 0.3 is 0 Å². The van der Waals surface area contributed by atoms with Crippen LogP contribution in [0.3, 0.4) is 0 Å². The molecule has 6 nitrogen and oxygen atoms in total. The third-order valence-corrected chi connectivity index (χ3v) is 3.63. The summed E-state index contributed by atoms with van der Waals surface area (Å²) >= 11 is 1.57. The van der Waals surface area contributed by atoms with E-state index in [1.807, 2.05) is 11.4 Å². The summed E-state index contributed by atoms with van der Waals surface area (Å²) in [5, 5.41) is 14.5. The predicted molar refractivity (Wildman–Crippen MR) is 79.4 cm³/mol. The molecule has 0 aliphatic heterocycles. The van der Waals surface area contributed by atoms with Crippen LogP contribution >= 0.6 is 11.3 Å². The Morgan fingerprint density at radius 2 is 2.43 bits per heavy atom. The highest BCUT2D eigenvalue weighted by Gasteiger charge is 2.11. The van der Waals surface area contributed by atoms with Crippen LogP contribution in [0, 0.1) is 11.8 Å². The molecule has 0 fully saturated rings. The summed E-state index contributed by atoms with van der Waals surface area (Å²) < 4.78 is 1.50. The van der Waals surface area contributed by atoms with Gasteiger partial charge in [-0.2, -0.15) is 5.10 Å². The third-order valence-electron chi connectivity index (χ3n) is 2.71. The highest BCUT2D eigenvalue weighted by molar-refractivity contribution is 7.10. The summed E-state index contributed by atoms with van der Waals surface area (Å²) in [5.41, 5.74) is 0.917. The molecule has 0 atom stereocenters. The van der Waals surface area contributed by atoms with E-state index in [-0.39, 0.29) is 19.1 Å². The van der Waals surface area contributed by atoms with E-state index in [1.54, 1.807) is 23.3 Å². The summed E-state index contributed by atoms with van der Waals surface area (Å²) in [7, 11) is 1.76. The number of carbonyl (C=O) groups is 1. The average molecular weight is 304 g/mol. The smallest absolute Gasteiger partial charge is 0.244 e. The van der Waals surface area contributed by atoms with Gasteiger partial charge in [0.2, 0.25) is 5.91 Å². The summed E-state index contributed by atoms with van der Waals surface area (Å²) in [6.45, 7) is 0.800. The lowest BCUT2D eigenvalue weighted by atomic mass is 10.3. The molecular weight excluding hydrogens is 288 g/mol. The van der Waals surface area contributed by atoms with E-state index >= 15 is 0 Å². The maximum Gasteiger partial charge on any atom is 0.244 e. The molecule has 7 heteroatoms. The molecule has 0 spiro atoms. The van der Waals surface area contributed by atoms with Crippen LogP contribution in [-0.2, 0) is 17.9 Å². The van der Waals surface area contributed by atoms with Crippen molar-refractivity contribution in [1.29, 1.82) is 0 Å². The van der Waals surface area contributed by atoms with Gasteiger partial charge in [0.05, 0.1) is 13.2 Å². The van der Waals surface area contributed by atoms with Crippen LogP contribution in [0.1, 0.15) is 16.9 Å². The van der Waals surface area contributed by atoms with Crippen molar-refractivity contribution in [3.05, 3.63) is 34.5 Å². The van der Waals surface area contributed by atoms with Crippen LogP contribution in [-0.4, -0.2) is 44.3 Å². The molecule has 0 saturated heterocycles. The normalized spacial score (nSPS) is 10.0. The van der Waals surface area contributed by atoms with E-state index in [0.29, 0.717) is 13.0 Å². The Labute approximate surface area is 127 Å². The van der Waals surface area contributed by atoms with Crippen molar-refractivity contribution < 1.29 is 9.90 Å². The highest BCUT2D eigenvalue weighted by Crippen LogP contribution is 2.15. The van der Waals surface area contributed by atoms with Crippen molar-refractivity contribution in [3.8, 4) is 11.8 Å². The monoisotopic (exact) mass is 304 g/mol. The van der Waals surface area contributed by atoms with Crippen molar-refractivity contribution in [2.75, 3.05) is 13.7 Å². The molecule has 2 aromatic heterocycles. The van der Waals surface area contributed by atoms with Crippen molar-refractivity contribution >= 4 is 17.2 Å². The summed E-state index contributed by atoms with van der Waals surface area (Å²) in [4.78, 5) is 18.5. The van der Waals surface area contributed by atoms with Gasteiger partial charge in [0, 0.05) is 29.3 Å². The van der Waals surface area contributed by atoms with Gasteiger partial charge in [-0.25, -0.2) is 9.67 Å². The fraction of sp³-hybridized carbons (Fsp3) is 0.357. The minimum atomic E-state index is -0.0261. The van der Waals surface area contributed by atoms with Crippen LogP contribution < -0.4 is 0 Å². The Kier molecular flexibility index (Phi) is 5.49. The number of aromatic nitrogens is 3. The second-order valence-corrected chi connectivity index (χ2v) is 5.42. The topological polar surface area (TPSA) is 71.2 Å². The van der Waals surface area contributed by atoms with E-state index in [2.05, 4.69) is 21.9 Å². The second-order valence-electron chi connectivity index (χ2n) is 4.42. The molecule has 2 aromatic rings. The van der Waals surface area contributed by atoms with Crippen molar-refractivity contribution in [1.82, 2.24) is 19.7 Å². The Balaban J connectivity index is 1.89. The first kappa shape index (κ1) is 15.2. The first-order valence-electron chi connectivity index (χ1n) is 6.42. The quantitative estimate of drug-likeness (QED) is 0.827. The summed E-state index contributed by atoms with van der Waals surface area (Å²) in [5.74, 6) is 5.83. The zero-order chi connectivity index (χ0) is 15.1. The number of likely N-dealkylation sites (N-methyl/N-ethyl adjacent to an activating group) is 1. The first-order chi connectivity index (χ1) is 10.2. The zero-order valence-electron chi connectivity index (χ0n) is 11.7. The Bertz CT molecular complexity index is 639. The third kappa shape index (κ3) is 4.70. The SMILES string of the molecule is CN(Cc1cc(C#CCCO)cs1)C(=O)Cn1cncn1. The Hall–Kier alpha value is -2.17. The molecule has 0 bridgehead atoms. The molecule has 0 aromatic carbocycles.